The van der Waals surface area contributed by atoms with Crippen LogP contribution in [-0.4, -0.2) is 11.7 Å². The van der Waals surface area contributed by atoms with Crippen molar-refractivity contribution in [3.05, 3.63) is 46.5 Å². The molecule has 0 spiro atoms. The normalized spacial score (nSPS) is 19.5. The zero-order valence-corrected chi connectivity index (χ0v) is 16.2. The first-order valence-corrected chi connectivity index (χ1v) is 9.73. The van der Waals surface area contributed by atoms with E-state index in [4.69, 9.17) is 9.47 Å². The average molecular weight is 352 g/mol. The summed E-state index contributed by atoms with van der Waals surface area (Å²) in [5.41, 5.74) is 5.93. The van der Waals surface area contributed by atoms with E-state index in [-0.39, 0.29) is 6.10 Å². The summed E-state index contributed by atoms with van der Waals surface area (Å²) in [6, 6.07) is 8.53. The number of unbranched alkanes of at least 4 members (excludes halogenated alkanes) is 2. The fraction of sp³-hybridized carbons (Fsp3) is 0.478. The van der Waals surface area contributed by atoms with Crippen LogP contribution < -0.4 is 4.74 Å². The van der Waals surface area contributed by atoms with Crippen molar-refractivity contribution in [2.45, 2.75) is 65.1 Å². The number of hydrogen-bond acceptors (Lipinski definition) is 3. The fourth-order valence-electron chi connectivity index (χ4n) is 4.12. The van der Waals surface area contributed by atoms with Crippen molar-refractivity contribution < 1.29 is 14.6 Å². The molecule has 0 radical (unpaired) electrons. The van der Waals surface area contributed by atoms with Crippen LogP contribution in [0.4, 0.5) is 0 Å². The predicted octanol–water partition coefficient (Wildman–Crippen LogP) is 5.80. The molecule has 2 aliphatic rings. The lowest BCUT2D eigenvalue weighted by molar-refractivity contribution is 0.105. The number of fused-ring (bicyclic) bond motifs is 3. The minimum Gasteiger partial charge on any atom is -0.507 e. The summed E-state index contributed by atoms with van der Waals surface area (Å²) in [6.07, 6.45) is 4.47. The molecule has 1 fully saturated rings. The first kappa shape index (κ1) is 17.4. The molecule has 1 atom stereocenters. The van der Waals surface area contributed by atoms with E-state index in [1.165, 1.54) is 24.0 Å². The molecule has 2 aromatic carbocycles. The molecule has 1 unspecified atom stereocenters. The molecule has 0 bridgehead atoms. The van der Waals surface area contributed by atoms with Crippen molar-refractivity contribution in [3.63, 3.8) is 0 Å². The Balaban J connectivity index is 1.90. The van der Waals surface area contributed by atoms with E-state index in [1.54, 1.807) is 0 Å². The van der Waals surface area contributed by atoms with Gasteiger partial charge in [-0.2, -0.15) is 0 Å². The number of aryl methyl sites for hydroxylation is 2. The number of hydrogen-bond donors (Lipinski definition) is 1. The van der Waals surface area contributed by atoms with E-state index in [1.807, 2.05) is 0 Å². The summed E-state index contributed by atoms with van der Waals surface area (Å²) < 4.78 is 11.9. The lowest BCUT2D eigenvalue weighted by atomic mass is 9.82. The maximum Gasteiger partial charge on any atom is 0.133 e. The minimum absolute atomic E-state index is 0.0279. The van der Waals surface area contributed by atoms with Gasteiger partial charge in [-0.25, -0.2) is 0 Å². The van der Waals surface area contributed by atoms with Gasteiger partial charge < -0.3 is 14.6 Å². The second-order valence-corrected chi connectivity index (χ2v) is 8.11. The van der Waals surface area contributed by atoms with Gasteiger partial charge in [0.05, 0.1) is 12.2 Å². The minimum atomic E-state index is -0.416. The van der Waals surface area contributed by atoms with Crippen molar-refractivity contribution in [3.8, 4) is 22.6 Å². The Morgan fingerprint density at radius 3 is 2.65 bits per heavy atom. The maximum absolute atomic E-state index is 11.2. The Morgan fingerprint density at radius 2 is 1.96 bits per heavy atom. The highest BCUT2D eigenvalue weighted by molar-refractivity contribution is 5.84. The Kier molecular flexibility index (Phi) is 4.23. The summed E-state index contributed by atoms with van der Waals surface area (Å²) in [5.74, 6) is 1.14. The predicted molar refractivity (Wildman–Crippen MR) is 104 cm³/mol. The van der Waals surface area contributed by atoms with E-state index in [0.717, 1.165) is 40.8 Å². The largest absolute Gasteiger partial charge is 0.507 e. The van der Waals surface area contributed by atoms with Crippen LogP contribution in [-0.2, 0) is 16.8 Å². The molecule has 0 aromatic heterocycles. The lowest BCUT2D eigenvalue weighted by Gasteiger charge is -2.36. The highest BCUT2D eigenvalue weighted by Gasteiger charge is 2.38. The lowest BCUT2D eigenvalue weighted by Crippen LogP contribution is -2.29. The number of phenolic OH excluding ortho intramolecular Hbond substituents is 1. The van der Waals surface area contributed by atoms with E-state index < -0.39 is 5.60 Å². The molecule has 1 N–H and O–H groups in total. The van der Waals surface area contributed by atoms with Crippen LogP contribution in [0.5, 0.6) is 11.5 Å². The number of epoxide rings is 1. The molecule has 1 saturated heterocycles. The molecular weight excluding hydrogens is 324 g/mol. The van der Waals surface area contributed by atoms with Crippen LogP contribution in [0.3, 0.4) is 0 Å². The van der Waals surface area contributed by atoms with E-state index in [0.29, 0.717) is 12.4 Å². The van der Waals surface area contributed by atoms with Crippen LogP contribution in [0.15, 0.2) is 24.3 Å². The zero-order valence-electron chi connectivity index (χ0n) is 16.2. The summed E-state index contributed by atoms with van der Waals surface area (Å²) in [6.45, 7) is 9.18. The highest BCUT2D eigenvalue weighted by Crippen LogP contribution is 2.54. The van der Waals surface area contributed by atoms with Crippen molar-refractivity contribution in [1.29, 1.82) is 0 Å². The third-order valence-corrected chi connectivity index (χ3v) is 5.55. The molecule has 3 nitrogen and oxygen atoms in total. The Labute approximate surface area is 156 Å². The Bertz CT molecular complexity index is 847. The van der Waals surface area contributed by atoms with Crippen LogP contribution >= 0.6 is 0 Å². The van der Waals surface area contributed by atoms with Gasteiger partial charge in [0, 0.05) is 11.1 Å². The molecule has 138 valence electrons. The molecule has 2 aromatic rings. The van der Waals surface area contributed by atoms with Gasteiger partial charge in [0.1, 0.15) is 23.2 Å². The molecule has 26 heavy (non-hydrogen) atoms. The van der Waals surface area contributed by atoms with Crippen molar-refractivity contribution in [1.82, 2.24) is 0 Å². The number of benzene rings is 2. The Hall–Kier alpha value is -2.00. The quantitative estimate of drug-likeness (QED) is 0.546. The van der Waals surface area contributed by atoms with E-state index in [9.17, 15) is 5.11 Å². The molecule has 2 heterocycles. The monoisotopic (exact) mass is 352 g/mol. The summed E-state index contributed by atoms with van der Waals surface area (Å²) in [4.78, 5) is 0. The summed E-state index contributed by atoms with van der Waals surface area (Å²) in [7, 11) is 0. The second-order valence-electron chi connectivity index (χ2n) is 8.11. The van der Waals surface area contributed by atoms with Crippen LogP contribution in [0.2, 0.25) is 0 Å². The SMILES string of the molecule is CCCCCc1cc2c(c(O)c1C1CO1)-c1cc(C)ccc1C(C)(C)O2. The number of phenols is 1. The van der Waals surface area contributed by atoms with Crippen molar-refractivity contribution >= 4 is 0 Å². The van der Waals surface area contributed by atoms with Gasteiger partial charge in [0.25, 0.3) is 0 Å². The standard InChI is InChI=1S/C23H28O3/c1-5-6-7-8-15-12-18-21(22(24)20(15)19-13-25-19)16-11-14(2)9-10-17(16)23(3,4)26-18/h9-12,19,24H,5-8,13H2,1-4H3. The molecular formula is C23H28O3. The molecule has 2 aliphatic heterocycles. The Morgan fingerprint density at radius 1 is 1.19 bits per heavy atom. The van der Waals surface area contributed by atoms with Crippen molar-refractivity contribution in [2.75, 3.05) is 6.61 Å². The molecule has 4 rings (SSSR count). The van der Waals surface area contributed by atoms with Gasteiger partial charge in [0.15, 0.2) is 0 Å². The first-order chi connectivity index (χ1) is 12.4. The number of rotatable bonds is 5. The van der Waals surface area contributed by atoms with Crippen LogP contribution in [0, 0.1) is 6.92 Å². The molecule has 0 aliphatic carbocycles. The van der Waals surface area contributed by atoms with Crippen LogP contribution in [0.25, 0.3) is 11.1 Å². The van der Waals surface area contributed by atoms with E-state index >= 15 is 0 Å². The molecule has 3 heteroatoms. The third kappa shape index (κ3) is 2.88. The van der Waals surface area contributed by atoms with Crippen LogP contribution in [0.1, 0.15) is 68.4 Å². The molecule has 0 amide bonds. The van der Waals surface area contributed by atoms with Gasteiger partial charge in [-0.15, -0.1) is 0 Å². The smallest absolute Gasteiger partial charge is 0.133 e. The fourth-order valence-corrected chi connectivity index (χ4v) is 4.12. The first-order valence-electron chi connectivity index (χ1n) is 9.73. The second kappa shape index (κ2) is 6.31. The van der Waals surface area contributed by atoms with Gasteiger partial charge in [-0.1, -0.05) is 43.5 Å². The third-order valence-electron chi connectivity index (χ3n) is 5.55. The van der Waals surface area contributed by atoms with E-state index in [2.05, 4.69) is 52.0 Å². The average Bonchev–Trinajstić information content (AvgIpc) is 3.38. The highest BCUT2D eigenvalue weighted by atomic mass is 16.6. The topological polar surface area (TPSA) is 42.0 Å². The number of aromatic hydroxyl groups is 1. The maximum atomic E-state index is 11.2. The summed E-state index contributed by atoms with van der Waals surface area (Å²) in [5, 5.41) is 11.2. The van der Waals surface area contributed by atoms with Gasteiger partial charge in [0.2, 0.25) is 0 Å². The zero-order chi connectivity index (χ0) is 18.5. The van der Waals surface area contributed by atoms with Gasteiger partial charge in [-0.3, -0.25) is 0 Å². The van der Waals surface area contributed by atoms with Gasteiger partial charge >= 0.3 is 0 Å². The number of ether oxygens (including phenoxy) is 2. The summed E-state index contributed by atoms with van der Waals surface area (Å²) >= 11 is 0. The molecule has 0 saturated carbocycles. The van der Waals surface area contributed by atoms with Gasteiger partial charge in [-0.05, 0) is 50.8 Å². The van der Waals surface area contributed by atoms with Crippen molar-refractivity contribution in [2.24, 2.45) is 0 Å².